The molecule has 0 atom stereocenters. The summed E-state index contributed by atoms with van der Waals surface area (Å²) in [5.41, 5.74) is 4.76. The number of benzene rings is 3. The Bertz CT molecular complexity index is 1620. The Labute approximate surface area is 217 Å². The molecule has 2 aromatic rings. The molecule has 0 spiro atoms. The molecule has 1 amide bonds. The monoisotopic (exact) mass is 517 g/mol. The number of phenolic OH excluding ortho intramolecular Hbond substituents is 1. The van der Waals surface area contributed by atoms with E-state index in [1.807, 2.05) is 18.2 Å². The highest BCUT2D eigenvalue weighted by molar-refractivity contribution is 6.33. The number of fused-ring (bicyclic) bond motifs is 2. The van der Waals surface area contributed by atoms with Crippen LogP contribution in [0.2, 0.25) is 10.0 Å². The van der Waals surface area contributed by atoms with Crippen LogP contribution in [0.25, 0.3) is 33.4 Å². The van der Waals surface area contributed by atoms with Crippen LogP contribution in [0.1, 0.15) is 16.8 Å². The molecular weight excluding hydrogens is 497 g/mol. The number of phenols is 1. The average Bonchev–Trinajstić information content (AvgIpc) is 2.88. The Morgan fingerprint density at radius 2 is 1.72 bits per heavy atom. The zero-order chi connectivity index (χ0) is 25.6. The summed E-state index contributed by atoms with van der Waals surface area (Å²) in [4.78, 5) is 27.2. The largest absolute Gasteiger partial charge is 0.506 e. The SMILES string of the molecule is C=CC1=C(C=C)CN(C(=O)c2ccc(-c3c4cc(Cl)c(=O)cc-4oc4cc(O)c(Cl)cc34)cc2)CC1. The molecule has 2 heterocycles. The van der Waals surface area contributed by atoms with Crippen molar-refractivity contribution in [3.8, 4) is 28.2 Å². The van der Waals surface area contributed by atoms with Crippen LogP contribution in [-0.2, 0) is 0 Å². The van der Waals surface area contributed by atoms with Crippen molar-refractivity contribution < 1.29 is 14.3 Å². The van der Waals surface area contributed by atoms with E-state index in [1.54, 1.807) is 35.2 Å². The first-order valence-electron chi connectivity index (χ1n) is 11.3. The molecule has 0 bridgehead atoms. The fourth-order valence-corrected chi connectivity index (χ4v) is 4.91. The van der Waals surface area contributed by atoms with E-state index in [1.165, 1.54) is 12.1 Å². The molecule has 7 heteroatoms. The van der Waals surface area contributed by atoms with Gasteiger partial charge in [0.05, 0.1) is 10.0 Å². The first-order chi connectivity index (χ1) is 17.3. The molecule has 1 aliphatic carbocycles. The van der Waals surface area contributed by atoms with Crippen molar-refractivity contribution >= 4 is 40.1 Å². The van der Waals surface area contributed by atoms with Crippen LogP contribution in [0.5, 0.6) is 5.75 Å². The molecule has 5 rings (SSSR count). The van der Waals surface area contributed by atoms with Crippen molar-refractivity contribution in [3.63, 3.8) is 0 Å². The Morgan fingerprint density at radius 1 is 1.00 bits per heavy atom. The van der Waals surface area contributed by atoms with Gasteiger partial charge in [-0.05, 0) is 47.4 Å². The van der Waals surface area contributed by atoms with E-state index in [-0.39, 0.29) is 27.1 Å². The Balaban J connectivity index is 1.60. The van der Waals surface area contributed by atoms with Crippen molar-refractivity contribution in [2.24, 2.45) is 0 Å². The fourth-order valence-electron chi connectivity index (χ4n) is 4.58. The summed E-state index contributed by atoms with van der Waals surface area (Å²) in [7, 11) is 0. The lowest BCUT2D eigenvalue weighted by Crippen LogP contribution is -2.36. The number of carbonyl (C=O) groups excluding carboxylic acids is 1. The van der Waals surface area contributed by atoms with E-state index >= 15 is 0 Å². The molecule has 180 valence electrons. The van der Waals surface area contributed by atoms with Crippen LogP contribution in [0.15, 0.2) is 94.2 Å². The van der Waals surface area contributed by atoms with Gasteiger partial charge in [-0.3, -0.25) is 9.59 Å². The van der Waals surface area contributed by atoms with Crippen molar-refractivity contribution in [3.05, 3.63) is 111 Å². The van der Waals surface area contributed by atoms with Crippen molar-refractivity contribution in [2.45, 2.75) is 6.42 Å². The van der Waals surface area contributed by atoms with Gasteiger partial charge in [0.25, 0.3) is 5.91 Å². The van der Waals surface area contributed by atoms with Crippen LogP contribution >= 0.6 is 23.2 Å². The van der Waals surface area contributed by atoms with Gasteiger partial charge in [0, 0.05) is 47.3 Å². The minimum atomic E-state index is -0.369. The van der Waals surface area contributed by atoms with Gasteiger partial charge in [0.2, 0.25) is 5.43 Å². The number of rotatable bonds is 4. The maximum atomic E-state index is 13.2. The highest BCUT2D eigenvalue weighted by Gasteiger charge is 2.23. The molecule has 3 aliphatic rings. The molecule has 2 aliphatic heterocycles. The van der Waals surface area contributed by atoms with Crippen molar-refractivity contribution in [2.75, 3.05) is 13.1 Å². The number of hydrogen-bond acceptors (Lipinski definition) is 4. The molecule has 2 aromatic carbocycles. The third-order valence-corrected chi connectivity index (χ3v) is 7.07. The maximum absolute atomic E-state index is 13.2. The average molecular weight is 518 g/mol. The van der Waals surface area contributed by atoms with Crippen LogP contribution in [0.4, 0.5) is 0 Å². The number of allylic oxidation sites excluding steroid dienone is 1. The van der Waals surface area contributed by atoms with Crippen molar-refractivity contribution in [1.29, 1.82) is 0 Å². The lowest BCUT2D eigenvalue weighted by atomic mass is 9.93. The molecule has 36 heavy (non-hydrogen) atoms. The number of amides is 1. The smallest absolute Gasteiger partial charge is 0.254 e. The molecule has 0 radical (unpaired) electrons. The van der Waals surface area contributed by atoms with E-state index in [2.05, 4.69) is 13.2 Å². The number of halogens is 2. The highest BCUT2D eigenvalue weighted by atomic mass is 35.5. The van der Waals surface area contributed by atoms with E-state index in [0.717, 1.165) is 28.7 Å². The number of nitrogens with zero attached hydrogens (tertiary/aromatic N) is 1. The lowest BCUT2D eigenvalue weighted by molar-refractivity contribution is 0.0766. The zero-order valence-electron chi connectivity index (χ0n) is 19.2. The molecular formula is C29H21Cl2NO4. The van der Waals surface area contributed by atoms with Crippen LogP contribution in [0, 0.1) is 0 Å². The van der Waals surface area contributed by atoms with Crippen LogP contribution in [0.3, 0.4) is 0 Å². The standard InChI is InChI=1S/C29H21Cl2NO4/c1-3-16-9-10-32(15-17(16)4-2)29(35)19-7-5-18(6-8-19)28-20-11-22(30)24(33)13-26(20)36-27-14-25(34)23(31)12-21(27)28/h3-8,11-14,33H,1-2,9-10,15H2. The van der Waals surface area contributed by atoms with E-state index in [9.17, 15) is 14.7 Å². The van der Waals surface area contributed by atoms with Gasteiger partial charge in [-0.15, -0.1) is 0 Å². The molecule has 0 aromatic heterocycles. The van der Waals surface area contributed by atoms with E-state index in [0.29, 0.717) is 40.9 Å². The Morgan fingerprint density at radius 3 is 2.42 bits per heavy atom. The van der Waals surface area contributed by atoms with E-state index < -0.39 is 0 Å². The third kappa shape index (κ3) is 4.11. The molecule has 5 nitrogen and oxygen atoms in total. The number of hydrogen-bond donors (Lipinski definition) is 1. The van der Waals surface area contributed by atoms with Gasteiger partial charge in [0.15, 0.2) is 0 Å². The fraction of sp³-hybridized carbons (Fsp3) is 0.103. The maximum Gasteiger partial charge on any atom is 0.254 e. The zero-order valence-corrected chi connectivity index (χ0v) is 20.7. The molecule has 0 unspecified atom stereocenters. The Kier molecular flexibility index (Phi) is 6.20. The second kappa shape index (κ2) is 9.34. The quantitative estimate of drug-likeness (QED) is 0.293. The molecule has 0 saturated carbocycles. The third-order valence-electron chi connectivity index (χ3n) is 6.47. The van der Waals surface area contributed by atoms with Gasteiger partial charge in [-0.2, -0.15) is 0 Å². The van der Waals surface area contributed by atoms with Gasteiger partial charge in [-0.25, -0.2) is 0 Å². The van der Waals surface area contributed by atoms with Crippen molar-refractivity contribution in [1.82, 2.24) is 4.90 Å². The lowest BCUT2D eigenvalue weighted by Gasteiger charge is -2.29. The number of carbonyl (C=O) groups is 1. The second-order valence-corrected chi connectivity index (χ2v) is 9.38. The summed E-state index contributed by atoms with van der Waals surface area (Å²) >= 11 is 12.4. The first kappa shape index (κ1) is 23.9. The summed E-state index contributed by atoms with van der Waals surface area (Å²) in [6, 6.07) is 13.1. The van der Waals surface area contributed by atoms with Crippen LogP contribution in [-0.4, -0.2) is 29.0 Å². The van der Waals surface area contributed by atoms with Crippen LogP contribution < -0.4 is 5.43 Å². The normalized spacial score (nSPS) is 13.9. The Hall–Kier alpha value is -3.80. The summed E-state index contributed by atoms with van der Waals surface area (Å²) in [6.45, 7) is 8.80. The first-order valence-corrected chi connectivity index (χ1v) is 12.0. The summed E-state index contributed by atoms with van der Waals surface area (Å²) in [5.74, 6) is 0.113. The summed E-state index contributed by atoms with van der Waals surface area (Å²) in [6.07, 6.45) is 4.33. The minimum absolute atomic E-state index is 0.0602. The van der Waals surface area contributed by atoms with E-state index in [4.69, 9.17) is 27.6 Å². The van der Waals surface area contributed by atoms with Gasteiger partial charge in [-0.1, -0.05) is 60.6 Å². The minimum Gasteiger partial charge on any atom is -0.506 e. The number of aromatic hydroxyl groups is 1. The summed E-state index contributed by atoms with van der Waals surface area (Å²) in [5, 5.41) is 11.0. The molecule has 0 fully saturated rings. The van der Waals surface area contributed by atoms with Gasteiger partial charge >= 0.3 is 0 Å². The predicted molar refractivity (Wildman–Crippen MR) is 144 cm³/mol. The van der Waals surface area contributed by atoms with Gasteiger partial charge < -0.3 is 14.4 Å². The molecule has 1 N–H and O–H groups in total. The predicted octanol–water partition coefficient (Wildman–Crippen LogP) is 7.09. The summed E-state index contributed by atoms with van der Waals surface area (Å²) < 4.78 is 5.90. The highest BCUT2D eigenvalue weighted by Crippen LogP contribution is 2.43. The second-order valence-electron chi connectivity index (χ2n) is 8.57. The molecule has 0 saturated heterocycles. The van der Waals surface area contributed by atoms with Gasteiger partial charge in [0.1, 0.15) is 17.1 Å². The topological polar surface area (TPSA) is 70.8 Å².